The number of benzene rings is 2. The molecule has 4 aromatic rings. The number of rotatable bonds is 12. The van der Waals surface area contributed by atoms with Gasteiger partial charge in [-0.1, -0.05) is 19.1 Å². The topological polar surface area (TPSA) is 142 Å². The van der Waals surface area contributed by atoms with Crippen molar-refractivity contribution in [2.75, 3.05) is 68.5 Å². The molecule has 0 bridgehead atoms. The van der Waals surface area contributed by atoms with E-state index in [2.05, 4.69) is 38.8 Å². The Morgan fingerprint density at radius 1 is 0.981 bits per heavy atom. The highest BCUT2D eigenvalue weighted by Gasteiger charge is 2.34. The van der Waals surface area contributed by atoms with E-state index >= 15 is 8.78 Å². The monoisotopic (exact) mass is 767 g/mol. The third kappa shape index (κ3) is 7.97. The van der Waals surface area contributed by atoms with Gasteiger partial charge in [0.15, 0.2) is 5.82 Å². The van der Waals surface area contributed by atoms with Crippen LogP contribution >= 0.6 is 0 Å². The Morgan fingerprint density at radius 3 is 2.43 bits per heavy atom. The smallest absolute Gasteiger partial charge is 0.317 e. The average molecular weight is 768 g/mol. The largest absolute Gasteiger partial charge is 0.480 e. The minimum Gasteiger partial charge on any atom is -0.480 e. The molecular formula is C38H44F3N7O5S. The summed E-state index contributed by atoms with van der Waals surface area (Å²) in [4.78, 5) is 39.1. The lowest BCUT2D eigenvalue weighted by Crippen LogP contribution is -2.54. The summed E-state index contributed by atoms with van der Waals surface area (Å²) in [6.45, 7) is 7.23. The van der Waals surface area contributed by atoms with Crippen molar-refractivity contribution in [2.45, 2.75) is 44.8 Å². The van der Waals surface area contributed by atoms with Crippen LogP contribution in [0.25, 0.3) is 22.2 Å². The lowest BCUT2D eigenvalue weighted by molar-refractivity contribution is -0.138. The summed E-state index contributed by atoms with van der Waals surface area (Å²) in [5.41, 5.74) is 1.35. The number of ketones is 1. The Labute approximate surface area is 312 Å². The van der Waals surface area contributed by atoms with E-state index in [-0.39, 0.29) is 31.6 Å². The molecule has 2 atom stereocenters. The predicted molar refractivity (Wildman–Crippen MR) is 200 cm³/mol. The van der Waals surface area contributed by atoms with Gasteiger partial charge >= 0.3 is 16.2 Å². The number of fused-ring (bicyclic) bond motifs is 1. The second kappa shape index (κ2) is 15.7. The number of pyridine rings is 1. The molecule has 3 N–H and O–H groups in total. The molecule has 3 fully saturated rings. The van der Waals surface area contributed by atoms with Crippen LogP contribution < -0.4 is 9.62 Å². The van der Waals surface area contributed by atoms with Crippen molar-refractivity contribution < 1.29 is 36.3 Å². The second-order valence-electron chi connectivity index (χ2n) is 14.4. The minimum absolute atomic E-state index is 0.00926. The number of alkyl halides is 1. The number of piperidine rings is 1. The van der Waals surface area contributed by atoms with Crippen LogP contribution in [0.2, 0.25) is 0 Å². The number of carboxylic acid groups (broad SMARTS) is 1. The number of aliphatic carboxylic acids is 1. The van der Waals surface area contributed by atoms with Crippen LogP contribution in [-0.4, -0.2) is 120 Å². The van der Waals surface area contributed by atoms with Gasteiger partial charge in [0.05, 0.1) is 17.8 Å². The fourth-order valence-corrected chi connectivity index (χ4v) is 9.17. The number of carbonyl (C=O) groups excluding carboxylic acids is 1. The van der Waals surface area contributed by atoms with E-state index in [1.54, 1.807) is 12.3 Å². The van der Waals surface area contributed by atoms with E-state index < -0.39 is 51.0 Å². The normalized spacial score (nSPS) is 20.9. The molecule has 0 spiro atoms. The Bertz CT molecular complexity index is 2130. The van der Waals surface area contributed by atoms with Crippen molar-refractivity contribution in [3.63, 3.8) is 0 Å². The van der Waals surface area contributed by atoms with Gasteiger partial charge in [-0.25, -0.2) is 18.2 Å². The first-order valence-corrected chi connectivity index (χ1v) is 19.8. The van der Waals surface area contributed by atoms with E-state index in [4.69, 9.17) is 5.11 Å². The third-order valence-electron chi connectivity index (χ3n) is 11.0. The van der Waals surface area contributed by atoms with Crippen LogP contribution in [0.5, 0.6) is 0 Å². The first-order chi connectivity index (χ1) is 25.9. The average Bonchev–Trinajstić information content (AvgIpc) is 3.80. The van der Waals surface area contributed by atoms with Crippen molar-refractivity contribution in [3.8, 4) is 11.1 Å². The van der Waals surface area contributed by atoms with Crippen molar-refractivity contribution in [1.82, 2.24) is 24.1 Å². The maximum atomic E-state index is 15.7. The van der Waals surface area contributed by atoms with Gasteiger partial charge in [-0.05, 0) is 80.6 Å². The molecule has 0 radical (unpaired) electrons. The number of aromatic nitrogens is 2. The van der Waals surface area contributed by atoms with Gasteiger partial charge in [0.25, 0.3) is 0 Å². The van der Waals surface area contributed by atoms with Gasteiger partial charge in [0.1, 0.15) is 17.6 Å². The molecule has 12 nitrogen and oxygen atoms in total. The van der Waals surface area contributed by atoms with Crippen LogP contribution in [0.3, 0.4) is 0 Å². The standard InChI is InChI=1S/C38H44F3N7O5S/c1-2-28-22-47(16-15-46(28)20-24-9-12-45(13-10-24)23-34(49)50)29-5-3-25(4-6-29)26-17-30-31(19-43-38(30)42-18-26)37(51)35-32(40)7-8-33(36(35)41)44-54(52,53)48-14-11-27(39)21-48/h3-8,17-19,24,27-28,44H,2,9-16,20-23H2,1H3,(H,42,43)(H,49,50)/t27-,28-/m1/s1. The van der Waals surface area contributed by atoms with Gasteiger partial charge in [0.2, 0.25) is 5.78 Å². The quantitative estimate of drug-likeness (QED) is 0.167. The number of aromatic amines is 1. The number of carbonyl (C=O) groups is 2. The number of anilines is 2. The zero-order valence-electron chi connectivity index (χ0n) is 30.0. The molecule has 288 valence electrons. The third-order valence-corrected chi connectivity index (χ3v) is 12.5. The number of likely N-dealkylation sites (tertiary alicyclic amines) is 1. The number of H-pyrrole nitrogens is 1. The molecular weight excluding hydrogens is 724 g/mol. The molecule has 16 heteroatoms. The summed E-state index contributed by atoms with van der Waals surface area (Å²) >= 11 is 0. The molecule has 2 aromatic heterocycles. The summed E-state index contributed by atoms with van der Waals surface area (Å²) in [5.74, 6) is -3.75. The van der Waals surface area contributed by atoms with Crippen LogP contribution in [0.4, 0.5) is 24.5 Å². The Hall–Kier alpha value is -4.51. The summed E-state index contributed by atoms with van der Waals surface area (Å²) in [7, 11) is -4.34. The molecule has 0 saturated carbocycles. The highest BCUT2D eigenvalue weighted by Crippen LogP contribution is 2.32. The Balaban J connectivity index is 1.04. The van der Waals surface area contributed by atoms with Crippen molar-refractivity contribution in [1.29, 1.82) is 0 Å². The van der Waals surface area contributed by atoms with E-state index in [0.29, 0.717) is 28.6 Å². The Kier molecular flexibility index (Phi) is 11.0. The van der Waals surface area contributed by atoms with E-state index in [1.807, 2.05) is 21.8 Å². The van der Waals surface area contributed by atoms with Crippen LogP contribution in [0.1, 0.15) is 48.5 Å². The van der Waals surface area contributed by atoms with Crippen molar-refractivity contribution >= 4 is 44.4 Å². The van der Waals surface area contributed by atoms with Gasteiger partial charge in [-0.3, -0.25) is 24.1 Å². The Morgan fingerprint density at radius 2 is 1.74 bits per heavy atom. The maximum Gasteiger partial charge on any atom is 0.317 e. The van der Waals surface area contributed by atoms with Gasteiger partial charge in [-0.2, -0.15) is 12.7 Å². The van der Waals surface area contributed by atoms with Gasteiger partial charge in [0, 0.05) is 79.9 Å². The fourth-order valence-electron chi connectivity index (χ4n) is 7.90. The molecule has 3 aliphatic rings. The lowest BCUT2D eigenvalue weighted by Gasteiger charge is -2.44. The first-order valence-electron chi connectivity index (χ1n) is 18.4. The van der Waals surface area contributed by atoms with Crippen LogP contribution in [0, 0.1) is 17.6 Å². The zero-order valence-corrected chi connectivity index (χ0v) is 30.8. The van der Waals surface area contributed by atoms with E-state index in [9.17, 15) is 22.4 Å². The zero-order chi connectivity index (χ0) is 38.1. The highest BCUT2D eigenvalue weighted by atomic mass is 32.2. The predicted octanol–water partition coefficient (Wildman–Crippen LogP) is 5.14. The molecule has 3 aliphatic heterocycles. The SMILES string of the molecule is CC[C@@H]1CN(c2ccc(-c3cnc4[nH]cc(C(=O)c5c(F)ccc(NS(=O)(=O)N6CC[C@@H](F)C6)c5F)c4c3)cc2)CCN1CC1CCN(CC(=O)O)CC1. The van der Waals surface area contributed by atoms with E-state index in [1.165, 1.54) is 6.20 Å². The number of hydrogen-bond acceptors (Lipinski definition) is 8. The minimum atomic E-state index is -4.34. The number of piperazine rings is 1. The number of nitrogens with one attached hydrogen (secondary N) is 2. The summed E-state index contributed by atoms with van der Waals surface area (Å²) < 4.78 is 72.8. The fraction of sp³-hybridized carbons (Fsp3) is 0.447. The second-order valence-corrected chi connectivity index (χ2v) is 16.1. The maximum absolute atomic E-state index is 15.7. The summed E-state index contributed by atoms with van der Waals surface area (Å²) in [5, 5.41) is 9.45. The molecule has 54 heavy (non-hydrogen) atoms. The number of halogens is 3. The number of carboxylic acids is 1. The molecule has 3 saturated heterocycles. The summed E-state index contributed by atoms with van der Waals surface area (Å²) in [6.07, 6.45) is 4.68. The van der Waals surface area contributed by atoms with Gasteiger partial charge < -0.3 is 15.0 Å². The van der Waals surface area contributed by atoms with Gasteiger partial charge in [-0.15, -0.1) is 0 Å². The van der Waals surface area contributed by atoms with Crippen LogP contribution in [-0.2, 0) is 15.0 Å². The summed E-state index contributed by atoms with van der Waals surface area (Å²) in [6, 6.07) is 11.9. The van der Waals surface area contributed by atoms with Crippen molar-refractivity contribution in [3.05, 3.63) is 77.6 Å². The number of nitrogens with zero attached hydrogens (tertiary/aromatic N) is 5. The van der Waals surface area contributed by atoms with Crippen molar-refractivity contribution in [2.24, 2.45) is 5.92 Å². The first kappa shape index (κ1) is 37.8. The molecule has 0 aliphatic carbocycles. The number of hydrogen-bond donors (Lipinski definition) is 3. The molecule has 0 amide bonds. The molecule has 0 unspecified atom stereocenters. The molecule has 7 rings (SSSR count). The lowest BCUT2D eigenvalue weighted by atomic mass is 9.94. The van der Waals surface area contributed by atoms with Crippen LogP contribution in [0.15, 0.2) is 54.9 Å². The van der Waals surface area contributed by atoms with E-state index in [0.717, 1.165) is 86.2 Å². The molecule has 2 aromatic carbocycles. The molecule has 5 heterocycles. The highest BCUT2D eigenvalue weighted by molar-refractivity contribution is 7.90.